The average molecular weight is 133 g/mol. The van der Waals surface area contributed by atoms with Gasteiger partial charge < -0.3 is 10.8 Å². The smallest absolute Gasteiger partial charge is 0.127 e. The summed E-state index contributed by atoms with van der Waals surface area (Å²) in [5, 5.41) is 8.86. The van der Waals surface area contributed by atoms with Gasteiger partial charge in [-0.3, -0.25) is 0 Å². The molecule has 0 aromatic carbocycles. The third kappa shape index (κ3) is 1.63. The summed E-state index contributed by atoms with van der Waals surface area (Å²) in [4.78, 5) is 0. The highest BCUT2D eigenvalue weighted by atomic mass is 19.1. The van der Waals surface area contributed by atoms with E-state index in [0.29, 0.717) is 12.8 Å². The summed E-state index contributed by atoms with van der Waals surface area (Å²) in [6, 6.07) is -0.0385. The average Bonchev–Trinajstić information content (AvgIpc) is 1.80. The van der Waals surface area contributed by atoms with Crippen LogP contribution in [0.4, 0.5) is 4.39 Å². The van der Waals surface area contributed by atoms with Gasteiger partial charge in [0.05, 0.1) is 6.10 Å². The van der Waals surface area contributed by atoms with Crippen LogP contribution in [0.25, 0.3) is 0 Å². The normalized spacial score (nSPS) is 45.0. The van der Waals surface area contributed by atoms with E-state index in [2.05, 4.69) is 0 Å². The maximum atomic E-state index is 12.5. The van der Waals surface area contributed by atoms with Crippen molar-refractivity contribution >= 4 is 0 Å². The summed E-state index contributed by atoms with van der Waals surface area (Å²) < 4.78 is 12.5. The van der Waals surface area contributed by atoms with Gasteiger partial charge in [0.1, 0.15) is 6.17 Å². The molecular formula is C6H12FNO. The topological polar surface area (TPSA) is 46.2 Å². The van der Waals surface area contributed by atoms with Crippen LogP contribution >= 0.6 is 0 Å². The van der Waals surface area contributed by atoms with Crippen molar-refractivity contribution in [2.24, 2.45) is 5.73 Å². The number of nitrogens with two attached hydrogens (primary N) is 1. The third-order valence-electron chi connectivity index (χ3n) is 1.78. The Bertz CT molecular complexity index is 99.1. The van der Waals surface area contributed by atoms with Crippen molar-refractivity contribution in [3.8, 4) is 0 Å². The van der Waals surface area contributed by atoms with Crippen molar-refractivity contribution < 1.29 is 9.50 Å². The molecule has 0 aromatic heterocycles. The highest BCUT2D eigenvalue weighted by Gasteiger charge is 2.26. The number of aliphatic hydroxyl groups is 1. The Labute approximate surface area is 53.9 Å². The molecule has 0 saturated heterocycles. The molecule has 9 heavy (non-hydrogen) atoms. The molecule has 3 heteroatoms. The second-order valence-electron chi connectivity index (χ2n) is 2.66. The maximum Gasteiger partial charge on any atom is 0.127 e. The van der Waals surface area contributed by atoms with E-state index in [9.17, 15) is 4.39 Å². The van der Waals surface area contributed by atoms with Crippen molar-refractivity contribution in [3.05, 3.63) is 0 Å². The van der Waals surface area contributed by atoms with E-state index in [1.54, 1.807) is 0 Å². The first-order chi connectivity index (χ1) is 4.20. The van der Waals surface area contributed by atoms with E-state index in [4.69, 9.17) is 10.8 Å². The van der Waals surface area contributed by atoms with Crippen LogP contribution in [0.3, 0.4) is 0 Å². The number of alkyl halides is 1. The first-order valence-corrected chi connectivity index (χ1v) is 3.28. The van der Waals surface area contributed by atoms with Crippen LogP contribution in [-0.4, -0.2) is 23.4 Å². The van der Waals surface area contributed by atoms with Gasteiger partial charge in [-0.15, -0.1) is 0 Å². The molecule has 3 N–H and O–H groups in total. The van der Waals surface area contributed by atoms with Gasteiger partial charge in [0, 0.05) is 6.04 Å². The summed E-state index contributed by atoms with van der Waals surface area (Å²) in [6.07, 6.45) is -0.260. The number of aliphatic hydroxyl groups excluding tert-OH is 1. The lowest BCUT2D eigenvalue weighted by Crippen LogP contribution is -2.37. The Hall–Kier alpha value is -0.150. The van der Waals surface area contributed by atoms with Crippen LogP contribution in [0.15, 0.2) is 0 Å². The minimum Gasteiger partial charge on any atom is -0.390 e. The van der Waals surface area contributed by atoms with Gasteiger partial charge in [0.2, 0.25) is 0 Å². The molecule has 3 atom stereocenters. The van der Waals surface area contributed by atoms with E-state index in [1.165, 1.54) is 0 Å². The molecule has 0 spiro atoms. The summed E-state index contributed by atoms with van der Waals surface area (Å²) in [5.74, 6) is 0. The van der Waals surface area contributed by atoms with Crippen LogP contribution in [0.2, 0.25) is 0 Å². The van der Waals surface area contributed by atoms with Crippen molar-refractivity contribution in [1.82, 2.24) is 0 Å². The van der Waals surface area contributed by atoms with Gasteiger partial charge in [-0.1, -0.05) is 0 Å². The van der Waals surface area contributed by atoms with Gasteiger partial charge in [-0.25, -0.2) is 4.39 Å². The molecule has 1 fully saturated rings. The molecule has 0 aliphatic heterocycles. The van der Waals surface area contributed by atoms with Crippen molar-refractivity contribution in [1.29, 1.82) is 0 Å². The number of hydrogen-bond donors (Lipinski definition) is 2. The van der Waals surface area contributed by atoms with Gasteiger partial charge >= 0.3 is 0 Å². The summed E-state index contributed by atoms with van der Waals surface area (Å²) in [7, 11) is 0. The number of halogens is 1. The Morgan fingerprint density at radius 1 is 1.44 bits per heavy atom. The largest absolute Gasteiger partial charge is 0.390 e. The highest BCUT2D eigenvalue weighted by molar-refractivity contribution is 4.80. The third-order valence-corrected chi connectivity index (χ3v) is 1.78. The molecule has 0 bridgehead atoms. The molecule has 1 aliphatic rings. The standard InChI is InChI=1S/C6H12FNO/c7-5-3-4(8)1-2-6(5)9/h4-6,9H,1-3,8H2/t4-,5+,6+/m0/s1. The maximum absolute atomic E-state index is 12.5. The molecule has 0 aromatic rings. The van der Waals surface area contributed by atoms with Crippen LogP contribution in [0.5, 0.6) is 0 Å². The zero-order chi connectivity index (χ0) is 6.85. The van der Waals surface area contributed by atoms with E-state index in [1.807, 2.05) is 0 Å². The van der Waals surface area contributed by atoms with E-state index in [0.717, 1.165) is 6.42 Å². The van der Waals surface area contributed by atoms with E-state index in [-0.39, 0.29) is 6.04 Å². The van der Waals surface area contributed by atoms with Crippen LogP contribution in [0.1, 0.15) is 19.3 Å². The van der Waals surface area contributed by atoms with Crippen molar-refractivity contribution in [3.63, 3.8) is 0 Å². The lowest BCUT2D eigenvalue weighted by molar-refractivity contribution is 0.0378. The quantitative estimate of drug-likeness (QED) is 0.495. The summed E-state index contributed by atoms with van der Waals surface area (Å²) in [5.41, 5.74) is 5.44. The zero-order valence-electron chi connectivity index (χ0n) is 5.26. The van der Waals surface area contributed by atoms with Crippen LogP contribution in [-0.2, 0) is 0 Å². The monoisotopic (exact) mass is 133 g/mol. The highest BCUT2D eigenvalue weighted by Crippen LogP contribution is 2.19. The molecule has 1 rings (SSSR count). The minimum atomic E-state index is -1.09. The molecule has 1 aliphatic carbocycles. The molecule has 54 valence electrons. The fourth-order valence-corrected chi connectivity index (χ4v) is 1.13. The molecule has 0 heterocycles. The second kappa shape index (κ2) is 2.62. The fourth-order valence-electron chi connectivity index (χ4n) is 1.13. The van der Waals surface area contributed by atoms with Gasteiger partial charge in [-0.2, -0.15) is 0 Å². The lowest BCUT2D eigenvalue weighted by atomic mass is 9.92. The summed E-state index contributed by atoms with van der Waals surface area (Å²) in [6.45, 7) is 0. The van der Waals surface area contributed by atoms with Crippen molar-refractivity contribution in [2.45, 2.75) is 37.6 Å². The first kappa shape index (κ1) is 6.96. The SMILES string of the molecule is N[C@H]1CC[C@@H](O)[C@H](F)C1. The number of hydrogen-bond acceptors (Lipinski definition) is 2. The molecular weight excluding hydrogens is 121 g/mol. The Morgan fingerprint density at radius 2 is 2.11 bits per heavy atom. The summed E-state index contributed by atoms with van der Waals surface area (Å²) >= 11 is 0. The zero-order valence-corrected chi connectivity index (χ0v) is 5.26. The number of rotatable bonds is 0. The van der Waals surface area contributed by atoms with Gasteiger partial charge in [0.25, 0.3) is 0 Å². The predicted octanol–water partition coefficient (Wildman–Crippen LogP) is 0.197. The van der Waals surface area contributed by atoms with Gasteiger partial charge in [0.15, 0.2) is 0 Å². The fraction of sp³-hybridized carbons (Fsp3) is 1.00. The van der Waals surface area contributed by atoms with Crippen molar-refractivity contribution in [2.75, 3.05) is 0 Å². The van der Waals surface area contributed by atoms with E-state index >= 15 is 0 Å². The van der Waals surface area contributed by atoms with E-state index < -0.39 is 12.3 Å². The van der Waals surface area contributed by atoms with Crippen LogP contribution in [0, 0.1) is 0 Å². The Morgan fingerprint density at radius 3 is 2.56 bits per heavy atom. The lowest BCUT2D eigenvalue weighted by Gasteiger charge is -2.25. The predicted molar refractivity (Wildman–Crippen MR) is 32.7 cm³/mol. The van der Waals surface area contributed by atoms with Gasteiger partial charge in [-0.05, 0) is 19.3 Å². The Balaban J connectivity index is 2.35. The minimum absolute atomic E-state index is 0.0385. The molecule has 0 amide bonds. The molecule has 2 nitrogen and oxygen atoms in total. The second-order valence-corrected chi connectivity index (χ2v) is 2.66. The van der Waals surface area contributed by atoms with Crippen LogP contribution < -0.4 is 5.73 Å². The molecule has 1 saturated carbocycles. The molecule has 0 unspecified atom stereocenters. The Kier molecular flexibility index (Phi) is 2.03. The first-order valence-electron chi connectivity index (χ1n) is 3.28. The molecule has 0 radical (unpaired) electrons.